The molecule has 0 atom stereocenters. The maximum absolute atomic E-state index is 13.3. The number of rotatable bonds is 6. The minimum absolute atomic E-state index is 0.132. The Morgan fingerprint density at radius 3 is 2.55 bits per heavy atom. The van der Waals surface area contributed by atoms with Gasteiger partial charge in [0.15, 0.2) is 5.65 Å². The van der Waals surface area contributed by atoms with Crippen LogP contribution in [0.1, 0.15) is 55.7 Å². The van der Waals surface area contributed by atoms with Crippen LogP contribution in [0.4, 0.5) is 5.69 Å². The van der Waals surface area contributed by atoms with Crippen molar-refractivity contribution in [2.45, 2.75) is 39.7 Å². The zero-order valence-corrected chi connectivity index (χ0v) is 18.0. The topological polar surface area (TPSA) is 81.9 Å². The second kappa shape index (κ2) is 8.55. The summed E-state index contributed by atoms with van der Waals surface area (Å²) in [5.74, 6) is 0.878. The highest BCUT2D eigenvalue weighted by Gasteiger charge is 2.20. The fourth-order valence-electron chi connectivity index (χ4n) is 3.26. The molecule has 1 N–H and O–H groups in total. The second-order valence-corrected chi connectivity index (χ2v) is 7.89. The summed E-state index contributed by atoms with van der Waals surface area (Å²) in [6, 6.07) is 14.8. The summed E-state index contributed by atoms with van der Waals surface area (Å²) in [6.07, 6.45) is 3.33. The van der Waals surface area contributed by atoms with Crippen molar-refractivity contribution in [3.05, 3.63) is 72.2 Å². The third-order valence-corrected chi connectivity index (χ3v) is 4.89. The molecule has 158 valence electrons. The maximum Gasteiger partial charge on any atom is 0.256 e. The molecule has 4 rings (SSSR count). The molecule has 31 heavy (non-hydrogen) atoms. The van der Waals surface area contributed by atoms with Crippen molar-refractivity contribution in [1.82, 2.24) is 19.7 Å². The first-order chi connectivity index (χ1) is 14.9. The highest BCUT2D eigenvalue weighted by molar-refractivity contribution is 6.12. The maximum atomic E-state index is 13.3. The van der Waals surface area contributed by atoms with Crippen LogP contribution >= 0.6 is 0 Å². The van der Waals surface area contributed by atoms with Crippen LogP contribution in [-0.2, 0) is 0 Å². The Morgan fingerprint density at radius 1 is 1.06 bits per heavy atom. The summed E-state index contributed by atoms with van der Waals surface area (Å²) in [6.45, 7) is 8.19. The lowest BCUT2D eigenvalue weighted by atomic mass is 10.0. The number of hydrogen-bond acceptors (Lipinski definition) is 5. The van der Waals surface area contributed by atoms with E-state index in [1.807, 2.05) is 54.9 Å². The number of pyridine rings is 2. The minimum Gasteiger partial charge on any atom is -0.437 e. The summed E-state index contributed by atoms with van der Waals surface area (Å²) in [5.41, 5.74) is 2.56. The highest BCUT2D eigenvalue weighted by Crippen LogP contribution is 2.29. The summed E-state index contributed by atoms with van der Waals surface area (Å²) in [7, 11) is 0. The lowest BCUT2D eigenvalue weighted by Crippen LogP contribution is -2.15. The van der Waals surface area contributed by atoms with Crippen molar-refractivity contribution in [3.8, 4) is 11.6 Å². The quantitative estimate of drug-likeness (QED) is 0.445. The molecule has 0 saturated carbocycles. The van der Waals surface area contributed by atoms with Gasteiger partial charge in [-0.05, 0) is 50.1 Å². The van der Waals surface area contributed by atoms with Gasteiger partial charge in [-0.25, -0.2) is 14.6 Å². The molecule has 0 aliphatic rings. The molecule has 0 bridgehead atoms. The van der Waals surface area contributed by atoms with Crippen molar-refractivity contribution in [2.75, 3.05) is 5.32 Å². The Bertz CT molecular complexity index is 1220. The molecule has 0 unspecified atom stereocenters. The lowest BCUT2D eigenvalue weighted by molar-refractivity contribution is 0.102. The number of nitrogens with one attached hydrogen (secondary N) is 1. The van der Waals surface area contributed by atoms with Gasteiger partial charge in [0.2, 0.25) is 5.88 Å². The fraction of sp³-hybridized carbons (Fsp3) is 0.250. The molecule has 3 aromatic heterocycles. The van der Waals surface area contributed by atoms with Gasteiger partial charge in [-0.3, -0.25) is 4.79 Å². The van der Waals surface area contributed by atoms with Gasteiger partial charge in [-0.15, -0.1) is 0 Å². The molecule has 0 saturated heterocycles. The summed E-state index contributed by atoms with van der Waals surface area (Å²) >= 11 is 0. The van der Waals surface area contributed by atoms with E-state index in [4.69, 9.17) is 9.72 Å². The zero-order valence-electron chi connectivity index (χ0n) is 18.0. The smallest absolute Gasteiger partial charge is 0.256 e. The Kier molecular flexibility index (Phi) is 5.66. The molecular formula is C24H25N5O2. The van der Waals surface area contributed by atoms with Crippen molar-refractivity contribution >= 4 is 22.6 Å². The van der Waals surface area contributed by atoms with E-state index in [-0.39, 0.29) is 17.9 Å². The number of amides is 1. The third kappa shape index (κ3) is 4.26. The summed E-state index contributed by atoms with van der Waals surface area (Å²) in [4.78, 5) is 22.4. The third-order valence-electron chi connectivity index (χ3n) is 4.89. The van der Waals surface area contributed by atoms with Crippen LogP contribution in [0.25, 0.3) is 11.0 Å². The van der Waals surface area contributed by atoms with Crippen molar-refractivity contribution in [1.29, 1.82) is 0 Å². The zero-order chi connectivity index (χ0) is 22.0. The Labute approximate surface area is 181 Å². The molecular weight excluding hydrogens is 390 g/mol. The van der Waals surface area contributed by atoms with Gasteiger partial charge in [-0.1, -0.05) is 32.0 Å². The number of fused-ring (bicyclic) bond motifs is 1. The van der Waals surface area contributed by atoms with Gasteiger partial charge in [0.05, 0.1) is 17.1 Å². The number of anilines is 1. The number of carbonyl (C=O) groups is 1. The fourth-order valence-corrected chi connectivity index (χ4v) is 3.26. The molecule has 0 radical (unpaired) electrons. The van der Waals surface area contributed by atoms with E-state index in [9.17, 15) is 4.79 Å². The van der Waals surface area contributed by atoms with Crippen molar-refractivity contribution < 1.29 is 9.53 Å². The molecule has 1 aromatic carbocycles. The SMILES string of the molecule is CC(C)c1cc(C(=O)Nc2cccnc2Oc2ccccc2)c2cnn(C(C)C)c2n1. The first-order valence-electron chi connectivity index (χ1n) is 10.3. The average Bonchev–Trinajstić information content (AvgIpc) is 3.19. The van der Waals surface area contributed by atoms with E-state index >= 15 is 0 Å². The van der Waals surface area contributed by atoms with E-state index in [2.05, 4.69) is 29.2 Å². The minimum atomic E-state index is -0.261. The molecule has 0 aliphatic heterocycles. The van der Waals surface area contributed by atoms with E-state index in [1.165, 1.54) is 0 Å². The van der Waals surface area contributed by atoms with Crippen LogP contribution in [-0.4, -0.2) is 25.7 Å². The van der Waals surface area contributed by atoms with Gasteiger partial charge >= 0.3 is 0 Å². The highest BCUT2D eigenvalue weighted by atomic mass is 16.5. The van der Waals surface area contributed by atoms with Crippen LogP contribution in [0.2, 0.25) is 0 Å². The van der Waals surface area contributed by atoms with Crippen LogP contribution in [0, 0.1) is 0 Å². The number of hydrogen-bond donors (Lipinski definition) is 1. The predicted octanol–water partition coefficient (Wildman–Crippen LogP) is 5.58. The largest absolute Gasteiger partial charge is 0.437 e. The first-order valence-corrected chi connectivity index (χ1v) is 10.3. The molecule has 7 heteroatoms. The Balaban J connectivity index is 1.71. The van der Waals surface area contributed by atoms with Gasteiger partial charge in [0.25, 0.3) is 5.91 Å². The van der Waals surface area contributed by atoms with Crippen LogP contribution in [0.5, 0.6) is 11.6 Å². The van der Waals surface area contributed by atoms with Crippen LogP contribution < -0.4 is 10.1 Å². The first kappa shape index (κ1) is 20.5. The molecule has 0 spiro atoms. The molecule has 4 aromatic rings. The average molecular weight is 415 g/mol. The standard InChI is InChI=1S/C24H25N5O2/c1-15(2)21-13-18(19-14-26-29(16(3)4)22(19)27-21)23(30)28-20-11-8-12-25-24(20)31-17-9-6-5-7-10-17/h5-16H,1-4H3,(H,28,30). The Morgan fingerprint density at radius 2 is 1.84 bits per heavy atom. The molecule has 1 amide bonds. The molecule has 3 heterocycles. The van der Waals surface area contributed by atoms with Gasteiger partial charge in [0.1, 0.15) is 11.4 Å². The van der Waals surface area contributed by atoms with Gasteiger partial charge < -0.3 is 10.1 Å². The predicted molar refractivity (Wildman–Crippen MR) is 121 cm³/mol. The number of ether oxygens (including phenoxy) is 1. The van der Waals surface area contributed by atoms with Gasteiger partial charge in [0, 0.05) is 17.9 Å². The number of aromatic nitrogens is 4. The van der Waals surface area contributed by atoms with Crippen LogP contribution in [0.3, 0.4) is 0 Å². The van der Waals surface area contributed by atoms with Crippen molar-refractivity contribution in [3.63, 3.8) is 0 Å². The Hall–Kier alpha value is -3.74. The van der Waals surface area contributed by atoms with Gasteiger partial charge in [-0.2, -0.15) is 5.10 Å². The monoisotopic (exact) mass is 415 g/mol. The van der Waals surface area contributed by atoms with E-state index in [0.29, 0.717) is 33.9 Å². The van der Waals surface area contributed by atoms with Crippen molar-refractivity contribution in [2.24, 2.45) is 0 Å². The summed E-state index contributed by atoms with van der Waals surface area (Å²) < 4.78 is 7.72. The lowest BCUT2D eigenvalue weighted by Gasteiger charge is -2.14. The molecule has 0 aliphatic carbocycles. The molecule has 7 nitrogen and oxygen atoms in total. The number of carbonyl (C=O) groups excluding carboxylic acids is 1. The normalized spacial score (nSPS) is 11.3. The molecule has 0 fully saturated rings. The van der Waals surface area contributed by atoms with Crippen LogP contribution in [0.15, 0.2) is 60.9 Å². The number of para-hydroxylation sites is 1. The summed E-state index contributed by atoms with van der Waals surface area (Å²) in [5, 5.41) is 8.12. The second-order valence-electron chi connectivity index (χ2n) is 7.89. The van der Waals surface area contributed by atoms with E-state index < -0.39 is 0 Å². The number of nitrogens with zero attached hydrogens (tertiary/aromatic N) is 4. The number of benzene rings is 1. The van der Waals surface area contributed by atoms with E-state index in [0.717, 1.165) is 5.69 Å². The van der Waals surface area contributed by atoms with E-state index in [1.54, 1.807) is 24.5 Å².